The number of hydrogen-bond donors (Lipinski definition) is 2. The average Bonchev–Trinajstić information content (AvgIpc) is 2.92. The molecule has 2 N–H and O–H groups in total. The largest absolute Gasteiger partial charge is 0.377 e. The molecule has 0 saturated carbocycles. The predicted molar refractivity (Wildman–Crippen MR) is 103 cm³/mol. The average molecular weight is 338 g/mol. The van der Waals surface area contributed by atoms with Gasteiger partial charge in [-0.3, -0.25) is 0 Å². The molecule has 0 aliphatic heterocycles. The highest BCUT2D eigenvalue weighted by molar-refractivity contribution is 5.95. The Hall–Kier alpha value is -2.94. The Morgan fingerprint density at radius 1 is 0.462 bits per heavy atom. The van der Waals surface area contributed by atoms with Crippen LogP contribution in [-0.2, 0) is 11.2 Å². The molecule has 0 spiro atoms. The Balaban J connectivity index is 1.96. The lowest BCUT2D eigenvalue weighted by molar-refractivity contribution is -0.105. The van der Waals surface area contributed by atoms with Crippen molar-refractivity contribution in [1.29, 1.82) is 0 Å². The zero-order chi connectivity index (χ0) is 17.8. The Kier molecular flexibility index (Phi) is 3.11. The van der Waals surface area contributed by atoms with Gasteiger partial charge >= 0.3 is 0 Å². The van der Waals surface area contributed by atoms with Crippen LogP contribution in [0.5, 0.6) is 0 Å². The first kappa shape index (κ1) is 15.3. The Bertz CT molecular complexity index is 1020. The molecule has 0 bridgehead atoms. The third kappa shape index (κ3) is 1.73. The fourth-order valence-corrected chi connectivity index (χ4v) is 4.42. The SMILES string of the molecule is O[C@@]1(c2ccccc2)c2cccc3cccc(c23)[C@@]1(O)c1ccccc1. The van der Waals surface area contributed by atoms with Gasteiger partial charge in [-0.15, -0.1) is 0 Å². The van der Waals surface area contributed by atoms with Gasteiger partial charge in [-0.1, -0.05) is 97.1 Å². The molecule has 0 heterocycles. The van der Waals surface area contributed by atoms with Crippen LogP contribution >= 0.6 is 0 Å². The third-order valence-electron chi connectivity index (χ3n) is 5.59. The summed E-state index contributed by atoms with van der Waals surface area (Å²) < 4.78 is 0. The minimum atomic E-state index is -1.57. The van der Waals surface area contributed by atoms with E-state index in [-0.39, 0.29) is 0 Å². The molecule has 0 saturated heterocycles. The first-order valence-corrected chi connectivity index (χ1v) is 8.76. The molecule has 4 aromatic rings. The van der Waals surface area contributed by atoms with Gasteiger partial charge in [0.25, 0.3) is 0 Å². The van der Waals surface area contributed by atoms with E-state index in [9.17, 15) is 10.2 Å². The predicted octanol–water partition coefficient (Wildman–Crippen LogP) is 4.33. The second kappa shape index (κ2) is 5.28. The molecule has 0 amide bonds. The van der Waals surface area contributed by atoms with Crippen LogP contribution < -0.4 is 0 Å². The van der Waals surface area contributed by atoms with E-state index in [4.69, 9.17) is 0 Å². The maximum absolute atomic E-state index is 12.1. The molecule has 1 aliphatic rings. The second-order valence-electron chi connectivity index (χ2n) is 6.86. The fourth-order valence-electron chi connectivity index (χ4n) is 4.42. The van der Waals surface area contributed by atoms with Gasteiger partial charge in [0, 0.05) is 0 Å². The lowest BCUT2D eigenvalue weighted by Crippen LogP contribution is -2.47. The van der Waals surface area contributed by atoms with Crippen LogP contribution in [0.1, 0.15) is 22.3 Å². The second-order valence-corrected chi connectivity index (χ2v) is 6.86. The molecule has 0 aromatic heterocycles. The summed E-state index contributed by atoms with van der Waals surface area (Å²) in [6.45, 7) is 0. The van der Waals surface area contributed by atoms with Crippen LogP contribution in [-0.4, -0.2) is 10.2 Å². The highest BCUT2D eigenvalue weighted by Crippen LogP contribution is 2.57. The molecule has 126 valence electrons. The van der Waals surface area contributed by atoms with Gasteiger partial charge in [-0.25, -0.2) is 0 Å². The van der Waals surface area contributed by atoms with Crippen molar-refractivity contribution in [1.82, 2.24) is 0 Å². The van der Waals surface area contributed by atoms with E-state index >= 15 is 0 Å². The Morgan fingerprint density at radius 2 is 0.885 bits per heavy atom. The van der Waals surface area contributed by atoms with E-state index in [2.05, 4.69) is 0 Å². The fraction of sp³-hybridized carbons (Fsp3) is 0.0833. The highest BCUT2D eigenvalue weighted by Gasteiger charge is 2.59. The lowest BCUT2D eigenvalue weighted by atomic mass is 9.72. The molecular formula is C24H18O2. The maximum atomic E-state index is 12.1. The minimum Gasteiger partial charge on any atom is -0.377 e. The van der Waals surface area contributed by atoms with Crippen LogP contribution in [0.15, 0.2) is 97.1 Å². The smallest absolute Gasteiger partial charge is 0.152 e. The summed E-state index contributed by atoms with van der Waals surface area (Å²) in [4.78, 5) is 0. The molecule has 4 aromatic carbocycles. The Labute approximate surface area is 152 Å². The molecule has 0 unspecified atom stereocenters. The molecule has 5 rings (SSSR count). The van der Waals surface area contributed by atoms with Crippen molar-refractivity contribution in [3.63, 3.8) is 0 Å². The van der Waals surface area contributed by atoms with E-state index in [0.717, 1.165) is 21.9 Å². The van der Waals surface area contributed by atoms with E-state index < -0.39 is 11.2 Å². The summed E-state index contributed by atoms with van der Waals surface area (Å²) >= 11 is 0. The van der Waals surface area contributed by atoms with Crippen molar-refractivity contribution in [2.45, 2.75) is 11.2 Å². The van der Waals surface area contributed by atoms with Gasteiger partial charge in [0.2, 0.25) is 0 Å². The van der Waals surface area contributed by atoms with E-state index in [1.54, 1.807) is 0 Å². The molecule has 1 aliphatic carbocycles. The van der Waals surface area contributed by atoms with Crippen LogP contribution in [0, 0.1) is 0 Å². The van der Waals surface area contributed by atoms with Gasteiger partial charge in [0.15, 0.2) is 11.2 Å². The lowest BCUT2D eigenvalue weighted by Gasteiger charge is -2.40. The van der Waals surface area contributed by atoms with Crippen LogP contribution in [0.3, 0.4) is 0 Å². The van der Waals surface area contributed by atoms with Crippen LogP contribution in [0.2, 0.25) is 0 Å². The van der Waals surface area contributed by atoms with E-state index in [1.165, 1.54) is 0 Å². The van der Waals surface area contributed by atoms with Gasteiger partial charge in [-0.05, 0) is 33.0 Å². The highest BCUT2D eigenvalue weighted by atomic mass is 16.4. The first-order valence-electron chi connectivity index (χ1n) is 8.76. The van der Waals surface area contributed by atoms with E-state index in [0.29, 0.717) is 11.1 Å². The standard InChI is InChI=1S/C24H18O2/c25-23(18-11-3-1-4-12-18)20-15-7-9-17-10-8-16-21(22(17)20)24(23,26)19-13-5-2-6-14-19/h1-16,25-26H/t23-,24-/m0/s1. The number of hydrogen-bond acceptors (Lipinski definition) is 2. The first-order chi connectivity index (χ1) is 12.7. The molecular weight excluding hydrogens is 320 g/mol. The molecule has 2 nitrogen and oxygen atoms in total. The monoisotopic (exact) mass is 338 g/mol. The summed E-state index contributed by atoms with van der Waals surface area (Å²) in [5.41, 5.74) is -0.311. The van der Waals surface area contributed by atoms with Crippen LogP contribution in [0.4, 0.5) is 0 Å². The molecule has 2 atom stereocenters. The number of rotatable bonds is 2. The molecule has 0 radical (unpaired) electrons. The topological polar surface area (TPSA) is 40.5 Å². The molecule has 0 fully saturated rings. The zero-order valence-electron chi connectivity index (χ0n) is 14.1. The van der Waals surface area contributed by atoms with Crippen molar-refractivity contribution >= 4 is 10.8 Å². The Morgan fingerprint density at radius 3 is 1.31 bits per heavy atom. The minimum absolute atomic E-state index is 0.676. The molecule has 26 heavy (non-hydrogen) atoms. The van der Waals surface area contributed by atoms with Gasteiger partial charge < -0.3 is 10.2 Å². The van der Waals surface area contributed by atoms with Crippen molar-refractivity contribution < 1.29 is 10.2 Å². The summed E-state index contributed by atoms with van der Waals surface area (Å²) in [7, 11) is 0. The normalized spacial score (nSPS) is 24.1. The summed E-state index contributed by atoms with van der Waals surface area (Å²) in [6.07, 6.45) is 0. The molecule has 2 heteroatoms. The summed E-state index contributed by atoms with van der Waals surface area (Å²) in [5, 5.41) is 26.2. The van der Waals surface area contributed by atoms with Crippen LogP contribution in [0.25, 0.3) is 10.8 Å². The number of aliphatic hydroxyl groups is 2. The maximum Gasteiger partial charge on any atom is 0.152 e. The quantitative estimate of drug-likeness (QED) is 0.571. The van der Waals surface area contributed by atoms with Crippen molar-refractivity contribution in [2.75, 3.05) is 0 Å². The summed E-state index contributed by atoms with van der Waals surface area (Å²) in [6, 6.07) is 30.6. The summed E-state index contributed by atoms with van der Waals surface area (Å²) in [5.74, 6) is 0. The van der Waals surface area contributed by atoms with Gasteiger partial charge in [0.05, 0.1) is 0 Å². The van der Waals surface area contributed by atoms with Crippen molar-refractivity contribution in [3.05, 3.63) is 119 Å². The van der Waals surface area contributed by atoms with Crippen molar-refractivity contribution in [2.24, 2.45) is 0 Å². The van der Waals surface area contributed by atoms with Crippen molar-refractivity contribution in [3.8, 4) is 0 Å². The zero-order valence-corrected chi connectivity index (χ0v) is 14.1. The van der Waals surface area contributed by atoms with Gasteiger partial charge in [-0.2, -0.15) is 0 Å². The van der Waals surface area contributed by atoms with E-state index in [1.807, 2.05) is 97.1 Å². The number of benzene rings is 4. The third-order valence-corrected chi connectivity index (χ3v) is 5.59. The van der Waals surface area contributed by atoms with Gasteiger partial charge in [0.1, 0.15) is 0 Å².